The van der Waals surface area contributed by atoms with Gasteiger partial charge in [0.15, 0.2) is 0 Å². The molecule has 7 heteroatoms. The van der Waals surface area contributed by atoms with Crippen LogP contribution in [-0.2, 0) is 0 Å². The molecule has 0 aromatic carbocycles. The van der Waals surface area contributed by atoms with Gasteiger partial charge in [-0.25, -0.2) is 14.2 Å². The van der Waals surface area contributed by atoms with Crippen LogP contribution in [0.5, 0.6) is 0 Å². The standard InChI is InChI=1S/C7H4BrN3O3/c8-4-2-9-7-10-3(6(13)14)1-5(12)11(4)7/h1-2H,(H,9,10)(H,13,14). The van der Waals surface area contributed by atoms with E-state index in [1.54, 1.807) is 0 Å². The smallest absolute Gasteiger partial charge is 0.352 e. The zero-order chi connectivity index (χ0) is 10.3. The number of hydrogen-bond acceptors (Lipinski definition) is 3. The van der Waals surface area contributed by atoms with Gasteiger partial charge in [-0.1, -0.05) is 0 Å². The number of rotatable bonds is 1. The van der Waals surface area contributed by atoms with Crippen molar-refractivity contribution in [2.24, 2.45) is 0 Å². The van der Waals surface area contributed by atoms with Crippen LogP contribution in [-0.4, -0.2) is 25.4 Å². The van der Waals surface area contributed by atoms with E-state index in [1.165, 1.54) is 10.6 Å². The fourth-order valence-electron chi connectivity index (χ4n) is 1.09. The summed E-state index contributed by atoms with van der Waals surface area (Å²) in [5.74, 6) is -0.995. The van der Waals surface area contributed by atoms with E-state index in [9.17, 15) is 9.59 Å². The summed E-state index contributed by atoms with van der Waals surface area (Å²) in [6.45, 7) is 0. The number of carboxylic acid groups (broad SMARTS) is 1. The number of aromatic carboxylic acids is 1. The molecule has 0 spiro atoms. The number of aromatic nitrogens is 3. The number of aromatic amines is 1. The first kappa shape index (κ1) is 8.95. The van der Waals surface area contributed by atoms with E-state index in [1.807, 2.05) is 0 Å². The Morgan fingerprint density at radius 2 is 2.36 bits per heavy atom. The minimum absolute atomic E-state index is 0.180. The maximum absolute atomic E-state index is 11.4. The molecule has 0 saturated carbocycles. The Bertz CT molecular complexity index is 571. The molecule has 6 nitrogen and oxygen atoms in total. The summed E-state index contributed by atoms with van der Waals surface area (Å²) in [7, 11) is 0. The lowest BCUT2D eigenvalue weighted by atomic mass is 10.4. The van der Waals surface area contributed by atoms with Crippen molar-refractivity contribution in [1.29, 1.82) is 0 Å². The van der Waals surface area contributed by atoms with Crippen LogP contribution in [0.25, 0.3) is 5.78 Å². The monoisotopic (exact) mass is 257 g/mol. The van der Waals surface area contributed by atoms with Gasteiger partial charge in [0.25, 0.3) is 5.56 Å². The third-order valence-electron chi connectivity index (χ3n) is 1.68. The van der Waals surface area contributed by atoms with Gasteiger partial charge in [0.2, 0.25) is 5.78 Å². The average molecular weight is 258 g/mol. The second kappa shape index (κ2) is 2.95. The SMILES string of the molecule is O=C(O)c1cc(=O)n2c(Br)cnc2[nH]1. The topological polar surface area (TPSA) is 87.5 Å². The van der Waals surface area contributed by atoms with Gasteiger partial charge in [0.1, 0.15) is 10.3 Å². The Kier molecular flexibility index (Phi) is 1.88. The molecule has 0 atom stereocenters. The number of nitrogens with one attached hydrogen (secondary N) is 1. The van der Waals surface area contributed by atoms with Crippen molar-refractivity contribution in [3.63, 3.8) is 0 Å². The molecule has 14 heavy (non-hydrogen) atoms. The van der Waals surface area contributed by atoms with Gasteiger partial charge in [-0.2, -0.15) is 0 Å². The molecule has 72 valence electrons. The predicted molar refractivity (Wildman–Crippen MR) is 50.5 cm³/mol. The highest BCUT2D eigenvalue weighted by atomic mass is 79.9. The highest BCUT2D eigenvalue weighted by molar-refractivity contribution is 9.10. The molecule has 2 N–H and O–H groups in total. The maximum Gasteiger partial charge on any atom is 0.352 e. The molecule has 0 aliphatic carbocycles. The predicted octanol–water partition coefficient (Wildman–Crippen LogP) is 0.483. The van der Waals surface area contributed by atoms with Gasteiger partial charge in [0, 0.05) is 6.07 Å². The number of fused-ring (bicyclic) bond motifs is 1. The molecule has 0 bridgehead atoms. The Morgan fingerprint density at radius 3 is 3.00 bits per heavy atom. The summed E-state index contributed by atoms with van der Waals surface area (Å²) in [4.78, 5) is 28.3. The summed E-state index contributed by atoms with van der Waals surface area (Å²) < 4.78 is 1.71. The van der Waals surface area contributed by atoms with Crippen molar-refractivity contribution in [2.75, 3.05) is 0 Å². The molecule has 2 rings (SSSR count). The van der Waals surface area contributed by atoms with Gasteiger partial charge in [0.05, 0.1) is 6.20 Å². The van der Waals surface area contributed by atoms with Gasteiger partial charge >= 0.3 is 5.97 Å². The first-order valence-corrected chi connectivity index (χ1v) is 4.38. The van der Waals surface area contributed by atoms with E-state index in [2.05, 4.69) is 25.9 Å². The van der Waals surface area contributed by atoms with Gasteiger partial charge in [-0.3, -0.25) is 4.79 Å². The largest absolute Gasteiger partial charge is 0.477 e. The van der Waals surface area contributed by atoms with Crippen LogP contribution in [0, 0.1) is 0 Å². The number of nitrogens with zero attached hydrogens (tertiary/aromatic N) is 2. The lowest BCUT2D eigenvalue weighted by Crippen LogP contribution is -2.16. The van der Waals surface area contributed by atoms with Crippen LogP contribution in [0.15, 0.2) is 21.7 Å². The lowest BCUT2D eigenvalue weighted by Gasteiger charge is -1.96. The summed E-state index contributed by atoms with van der Waals surface area (Å²) in [5, 5.41) is 8.66. The summed E-state index contributed by atoms with van der Waals surface area (Å²) >= 11 is 3.11. The van der Waals surface area contributed by atoms with E-state index in [4.69, 9.17) is 5.11 Å². The second-order valence-corrected chi connectivity index (χ2v) is 3.38. The second-order valence-electron chi connectivity index (χ2n) is 2.57. The first-order valence-electron chi connectivity index (χ1n) is 3.59. The molecule has 2 aromatic heterocycles. The third kappa shape index (κ3) is 1.22. The van der Waals surface area contributed by atoms with E-state index < -0.39 is 11.5 Å². The Labute approximate surface area is 85.3 Å². The molecule has 0 radical (unpaired) electrons. The van der Waals surface area contributed by atoms with Crippen molar-refractivity contribution < 1.29 is 9.90 Å². The van der Waals surface area contributed by atoms with Crippen LogP contribution in [0.2, 0.25) is 0 Å². The lowest BCUT2D eigenvalue weighted by molar-refractivity contribution is 0.0690. The van der Waals surface area contributed by atoms with Crippen LogP contribution >= 0.6 is 15.9 Å². The number of H-pyrrole nitrogens is 1. The minimum Gasteiger partial charge on any atom is -0.477 e. The van der Waals surface area contributed by atoms with Crippen LogP contribution in [0.1, 0.15) is 10.5 Å². The van der Waals surface area contributed by atoms with E-state index in [-0.39, 0.29) is 11.5 Å². The van der Waals surface area contributed by atoms with Crippen molar-refractivity contribution in [3.05, 3.63) is 32.9 Å². The summed E-state index contributed by atoms with van der Waals surface area (Å²) in [6.07, 6.45) is 1.42. The fourth-order valence-corrected chi connectivity index (χ4v) is 1.53. The molecule has 0 fully saturated rings. The molecule has 2 heterocycles. The van der Waals surface area contributed by atoms with E-state index >= 15 is 0 Å². The molecule has 0 aliphatic rings. The number of halogens is 1. The van der Waals surface area contributed by atoms with Crippen molar-refractivity contribution in [2.45, 2.75) is 0 Å². The quantitative estimate of drug-likeness (QED) is 0.778. The number of carbonyl (C=O) groups is 1. The van der Waals surface area contributed by atoms with Crippen LogP contribution < -0.4 is 5.56 Å². The van der Waals surface area contributed by atoms with Gasteiger partial charge in [-0.05, 0) is 15.9 Å². The van der Waals surface area contributed by atoms with Gasteiger partial charge < -0.3 is 10.1 Å². The normalized spacial score (nSPS) is 10.6. The number of carboxylic acids is 1. The minimum atomic E-state index is -1.19. The van der Waals surface area contributed by atoms with Crippen LogP contribution in [0.3, 0.4) is 0 Å². The third-order valence-corrected chi connectivity index (χ3v) is 2.24. The molecule has 0 unspecified atom stereocenters. The summed E-state index contributed by atoms with van der Waals surface area (Å²) in [5.41, 5.74) is -0.624. The van der Waals surface area contributed by atoms with Crippen molar-refractivity contribution in [3.8, 4) is 0 Å². The highest BCUT2D eigenvalue weighted by Gasteiger charge is 2.09. The Morgan fingerprint density at radius 1 is 1.64 bits per heavy atom. The molecule has 0 saturated heterocycles. The first-order chi connectivity index (χ1) is 6.59. The molecule has 0 amide bonds. The van der Waals surface area contributed by atoms with Crippen molar-refractivity contribution in [1.82, 2.24) is 14.4 Å². The van der Waals surface area contributed by atoms with E-state index in [0.29, 0.717) is 4.60 Å². The Hall–Kier alpha value is -1.63. The average Bonchev–Trinajstić information content (AvgIpc) is 2.48. The van der Waals surface area contributed by atoms with Crippen LogP contribution in [0.4, 0.5) is 0 Å². The zero-order valence-electron chi connectivity index (χ0n) is 6.69. The number of imidazole rings is 1. The van der Waals surface area contributed by atoms with E-state index in [0.717, 1.165) is 6.07 Å². The molecular formula is C7H4BrN3O3. The Balaban J connectivity index is 2.87. The van der Waals surface area contributed by atoms with Gasteiger partial charge in [-0.15, -0.1) is 0 Å². The molecule has 0 aliphatic heterocycles. The fraction of sp³-hybridized carbons (Fsp3) is 0. The molecular weight excluding hydrogens is 254 g/mol. The molecule has 2 aromatic rings. The zero-order valence-corrected chi connectivity index (χ0v) is 8.28. The maximum atomic E-state index is 11.4. The highest BCUT2D eigenvalue weighted by Crippen LogP contribution is 2.08. The summed E-state index contributed by atoms with van der Waals surface area (Å²) in [6, 6.07) is 1.00. The van der Waals surface area contributed by atoms with Crippen molar-refractivity contribution >= 4 is 27.7 Å². The number of hydrogen-bond donors (Lipinski definition) is 2.